The van der Waals surface area contributed by atoms with Crippen LogP contribution in [-0.4, -0.2) is 49.2 Å². The Morgan fingerprint density at radius 1 is 0.958 bits per heavy atom. The number of thiophene rings is 1. The number of ether oxygens (including phenoxy) is 3. The average Bonchev–Trinajstić information content (AvgIpc) is 3.42. The maximum atomic E-state index is 14.0. The maximum Gasteiger partial charge on any atom is 0.410 e. The predicted octanol–water partition coefficient (Wildman–Crippen LogP) is 7.65. The van der Waals surface area contributed by atoms with E-state index >= 15 is 0 Å². The van der Waals surface area contributed by atoms with Crippen molar-refractivity contribution < 1.29 is 28.6 Å². The molecular weight excluding hydrogens is 649 g/mol. The molecule has 1 unspecified atom stereocenters. The van der Waals surface area contributed by atoms with E-state index in [0.29, 0.717) is 52.8 Å². The molecule has 2 N–H and O–H groups in total. The fourth-order valence-corrected chi connectivity index (χ4v) is 7.43. The lowest BCUT2D eigenvalue weighted by molar-refractivity contribution is -0.115. The molecule has 1 aliphatic heterocycles. The minimum absolute atomic E-state index is 0.301. The number of thioether (sulfide) groups is 1. The molecule has 4 aromatic rings. The first-order valence-electron chi connectivity index (χ1n) is 15.2. The van der Waals surface area contributed by atoms with Crippen molar-refractivity contribution in [3.63, 3.8) is 0 Å². The highest BCUT2D eigenvalue weighted by atomic mass is 32.2. The second-order valence-corrected chi connectivity index (χ2v) is 14.2. The first-order chi connectivity index (χ1) is 23.0. The number of nitrogens with one attached hydrogen (secondary N) is 2. The Balaban J connectivity index is 1.35. The number of carbonyl (C=O) groups excluding carboxylic acids is 3. The Labute approximate surface area is 288 Å². The van der Waals surface area contributed by atoms with Crippen LogP contribution in [0.2, 0.25) is 0 Å². The number of amides is 3. The molecule has 12 heteroatoms. The van der Waals surface area contributed by atoms with Crippen LogP contribution in [-0.2, 0) is 22.5 Å². The molecule has 248 valence electrons. The van der Waals surface area contributed by atoms with Crippen molar-refractivity contribution >= 4 is 51.7 Å². The van der Waals surface area contributed by atoms with Crippen molar-refractivity contribution in [3.8, 4) is 17.6 Å². The van der Waals surface area contributed by atoms with Gasteiger partial charge in [-0.25, -0.2) is 4.79 Å². The molecule has 1 atom stereocenters. The Bertz CT molecular complexity index is 1860. The van der Waals surface area contributed by atoms with E-state index in [2.05, 4.69) is 16.7 Å². The molecule has 0 bridgehead atoms. The molecule has 10 nitrogen and oxygen atoms in total. The summed E-state index contributed by atoms with van der Waals surface area (Å²) in [5, 5.41) is 15.8. The number of nitriles is 1. The van der Waals surface area contributed by atoms with E-state index < -0.39 is 16.9 Å². The highest BCUT2D eigenvalue weighted by Crippen LogP contribution is 2.41. The summed E-state index contributed by atoms with van der Waals surface area (Å²) in [6.07, 6.45) is 0.0797. The van der Waals surface area contributed by atoms with Gasteiger partial charge in [0.15, 0.2) is 11.5 Å². The number of anilines is 2. The number of hydrogen-bond acceptors (Lipinski definition) is 9. The molecule has 5 rings (SSSR count). The second-order valence-electron chi connectivity index (χ2n) is 11.9. The molecule has 0 fully saturated rings. The Morgan fingerprint density at radius 2 is 1.71 bits per heavy atom. The van der Waals surface area contributed by atoms with Crippen LogP contribution in [0, 0.1) is 11.3 Å². The van der Waals surface area contributed by atoms with Crippen LogP contribution in [0.4, 0.5) is 15.5 Å². The standard InChI is InChI=1S/C36H36N4O6S2/c1-36(2,3)46-35(43)40-17-16-26-27(20-37)34(48-30(26)21-40)39-33(42)31(22-10-7-6-8-11-22)47-25-13-9-12-24(19-25)38-32(41)23-14-15-28(44-4)29(18-23)45-5/h6-15,18-19,31H,16-17,21H2,1-5H3,(H,38,41)(H,39,42). The first kappa shape index (κ1) is 34.3. The minimum atomic E-state index is -0.674. The minimum Gasteiger partial charge on any atom is -0.493 e. The molecular formula is C36H36N4O6S2. The van der Waals surface area contributed by atoms with Gasteiger partial charge >= 0.3 is 6.09 Å². The van der Waals surface area contributed by atoms with Gasteiger partial charge in [-0.2, -0.15) is 5.26 Å². The number of rotatable bonds is 9. The molecule has 0 saturated carbocycles. The third-order valence-electron chi connectivity index (χ3n) is 7.39. The van der Waals surface area contributed by atoms with E-state index in [0.717, 1.165) is 20.9 Å². The number of hydrogen-bond donors (Lipinski definition) is 2. The van der Waals surface area contributed by atoms with Crippen molar-refractivity contribution in [2.75, 3.05) is 31.4 Å². The molecule has 1 aliphatic rings. The first-order valence-corrected chi connectivity index (χ1v) is 16.9. The van der Waals surface area contributed by atoms with Gasteiger partial charge in [-0.1, -0.05) is 36.4 Å². The van der Waals surface area contributed by atoms with E-state index in [-0.39, 0.29) is 11.8 Å². The zero-order chi connectivity index (χ0) is 34.4. The van der Waals surface area contributed by atoms with Gasteiger partial charge in [-0.3, -0.25) is 9.59 Å². The van der Waals surface area contributed by atoms with E-state index in [1.165, 1.54) is 37.3 Å². The average molecular weight is 685 g/mol. The summed E-state index contributed by atoms with van der Waals surface area (Å²) < 4.78 is 16.1. The highest BCUT2D eigenvalue weighted by molar-refractivity contribution is 8.00. The number of benzene rings is 3. The summed E-state index contributed by atoms with van der Waals surface area (Å²) in [7, 11) is 3.04. The molecule has 2 heterocycles. The second kappa shape index (κ2) is 14.8. The van der Waals surface area contributed by atoms with Gasteiger partial charge in [0.05, 0.1) is 26.3 Å². The van der Waals surface area contributed by atoms with Gasteiger partial charge in [0.25, 0.3) is 5.91 Å². The molecule has 3 amide bonds. The summed E-state index contributed by atoms with van der Waals surface area (Å²) in [6, 6.07) is 23.8. The van der Waals surface area contributed by atoms with Gasteiger partial charge in [0.1, 0.15) is 21.9 Å². The molecule has 0 radical (unpaired) electrons. The van der Waals surface area contributed by atoms with Gasteiger partial charge in [-0.05, 0) is 74.7 Å². The third kappa shape index (κ3) is 8.10. The lowest BCUT2D eigenvalue weighted by atomic mass is 10.0. The lowest BCUT2D eigenvalue weighted by Crippen LogP contribution is -2.39. The summed E-state index contributed by atoms with van der Waals surface area (Å²) in [5.74, 6) is 0.333. The summed E-state index contributed by atoms with van der Waals surface area (Å²) in [5.41, 5.74) is 2.37. The molecule has 3 aromatic carbocycles. The molecule has 0 saturated heterocycles. The molecule has 1 aromatic heterocycles. The monoisotopic (exact) mass is 684 g/mol. The number of fused-ring (bicyclic) bond motifs is 1. The summed E-state index contributed by atoms with van der Waals surface area (Å²) >= 11 is 2.63. The number of carbonyl (C=O) groups is 3. The van der Waals surface area contributed by atoms with Gasteiger partial charge in [-0.15, -0.1) is 23.1 Å². The normalized spacial score (nSPS) is 13.0. The summed E-state index contributed by atoms with van der Waals surface area (Å²) in [6.45, 7) is 6.18. The van der Waals surface area contributed by atoms with Crippen LogP contribution >= 0.6 is 23.1 Å². The Kier molecular flexibility index (Phi) is 10.6. The maximum absolute atomic E-state index is 14.0. The Hall–Kier alpha value is -4.99. The fourth-order valence-electron chi connectivity index (χ4n) is 5.13. The third-order valence-corrected chi connectivity index (χ3v) is 9.77. The molecule has 0 spiro atoms. The number of nitrogens with zero attached hydrogens (tertiary/aromatic N) is 2. The van der Waals surface area contributed by atoms with Crippen LogP contribution in [0.15, 0.2) is 77.7 Å². The molecule has 0 aliphatic carbocycles. The largest absolute Gasteiger partial charge is 0.493 e. The summed E-state index contributed by atoms with van der Waals surface area (Å²) in [4.78, 5) is 43.0. The van der Waals surface area contributed by atoms with E-state index in [1.807, 2.05) is 69.3 Å². The topological polar surface area (TPSA) is 130 Å². The van der Waals surface area contributed by atoms with Gasteiger partial charge < -0.3 is 29.7 Å². The Morgan fingerprint density at radius 3 is 2.40 bits per heavy atom. The predicted molar refractivity (Wildman–Crippen MR) is 187 cm³/mol. The van der Waals surface area contributed by atoms with E-state index in [9.17, 15) is 19.6 Å². The van der Waals surface area contributed by atoms with Crippen LogP contribution in [0.3, 0.4) is 0 Å². The van der Waals surface area contributed by atoms with Crippen molar-refractivity contribution in [3.05, 3.63) is 99.9 Å². The zero-order valence-corrected chi connectivity index (χ0v) is 28.9. The van der Waals surface area contributed by atoms with Crippen LogP contribution in [0.25, 0.3) is 0 Å². The SMILES string of the molecule is COc1ccc(C(=O)Nc2cccc(SC(C(=O)Nc3sc4c(c3C#N)CCN(C(=O)OC(C)(C)C)C4)c3ccccc3)c2)cc1OC. The van der Waals surface area contributed by atoms with Gasteiger partial charge in [0, 0.05) is 27.6 Å². The van der Waals surface area contributed by atoms with E-state index in [1.54, 1.807) is 29.2 Å². The quantitative estimate of drug-likeness (QED) is 0.172. The fraction of sp³-hybridized carbons (Fsp3) is 0.278. The van der Waals surface area contributed by atoms with Crippen molar-refractivity contribution in [1.29, 1.82) is 5.26 Å². The van der Waals surface area contributed by atoms with Crippen molar-refractivity contribution in [2.24, 2.45) is 0 Å². The van der Waals surface area contributed by atoms with E-state index in [4.69, 9.17) is 14.2 Å². The zero-order valence-electron chi connectivity index (χ0n) is 27.3. The van der Waals surface area contributed by atoms with Crippen LogP contribution < -0.4 is 20.1 Å². The highest BCUT2D eigenvalue weighted by Gasteiger charge is 2.31. The number of methoxy groups -OCH3 is 2. The van der Waals surface area contributed by atoms with Crippen molar-refractivity contribution in [2.45, 2.75) is 49.5 Å². The van der Waals surface area contributed by atoms with Crippen LogP contribution in [0.5, 0.6) is 11.5 Å². The van der Waals surface area contributed by atoms with Gasteiger partial charge in [0.2, 0.25) is 5.91 Å². The smallest absolute Gasteiger partial charge is 0.410 e. The van der Waals surface area contributed by atoms with Crippen molar-refractivity contribution in [1.82, 2.24) is 4.90 Å². The molecule has 48 heavy (non-hydrogen) atoms. The lowest BCUT2D eigenvalue weighted by Gasteiger charge is -2.29. The van der Waals surface area contributed by atoms with Crippen LogP contribution in [0.1, 0.15) is 57.9 Å².